The Morgan fingerprint density at radius 1 is 1.15 bits per heavy atom. The summed E-state index contributed by atoms with van der Waals surface area (Å²) in [4.78, 5) is 12.4. The molecule has 1 heterocycles. The standard InChI is InChI=1S/C18H21N3O3S.ClH/c1-13-9-10-14(20-18(22)16-8-5-11-19-16)12-17(13)21-25(23,24)15-6-3-2-4-7-15;/h2-4,6-7,9-10,12,16,19,21H,5,8,11H2,1H3,(H,20,22);1H. The molecule has 1 fully saturated rings. The molecule has 1 aliphatic heterocycles. The van der Waals surface area contributed by atoms with Gasteiger partial charge in [0.15, 0.2) is 0 Å². The van der Waals surface area contributed by atoms with Crippen LogP contribution in [0.5, 0.6) is 0 Å². The van der Waals surface area contributed by atoms with Gasteiger partial charge in [0.2, 0.25) is 5.91 Å². The van der Waals surface area contributed by atoms with Gasteiger partial charge in [-0.05, 0) is 56.1 Å². The van der Waals surface area contributed by atoms with Gasteiger partial charge < -0.3 is 10.6 Å². The Morgan fingerprint density at radius 2 is 1.88 bits per heavy atom. The highest BCUT2D eigenvalue weighted by atomic mass is 35.5. The number of sulfonamides is 1. The van der Waals surface area contributed by atoms with Crippen LogP contribution in [0.2, 0.25) is 0 Å². The van der Waals surface area contributed by atoms with Crippen LogP contribution in [0.25, 0.3) is 0 Å². The first-order valence-electron chi connectivity index (χ1n) is 8.18. The first kappa shape index (κ1) is 20.2. The molecule has 0 bridgehead atoms. The molecular weight excluding hydrogens is 374 g/mol. The maximum atomic E-state index is 12.5. The van der Waals surface area contributed by atoms with Gasteiger partial charge in [0.25, 0.3) is 10.0 Å². The number of amides is 1. The van der Waals surface area contributed by atoms with E-state index in [1.807, 2.05) is 6.92 Å². The summed E-state index contributed by atoms with van der Waals surface area (Å²) in [6.07, 6.45) is 1.79. The fraction of sp³-hybridized carbons (Fsp3) is 0.278. The van der Waals surface area contributed by atoms with Crippen molar-refractivity contribution in [3.8, 4) is 0 Å². The third kappa shape index (κ3) is 4.75. The quantitative estimate of drug-likeness (QED) is 0.726. The third-order valence-electron chi connectivity index (χ3n) is 4.18. The minimum atomic E-state index is -3.67. The fourth-order valence-corrected chi connectivity index (χ4v) is 3.89. The molecular formula is C18H22ClN3O3S. The van der Waals surface area contributed by atoms with E-state index in [2.05, 4.69) is 15.4 Å². The summed E-state index contributed by atoms with van der Waals surface area (Å²) in [5, 5.41) is 5.98. The molecule has 1 saturated heterocycles. The van der Waals surface area contributed by atoms with E-state index >= 15 is 0 Å². The monoisotopic (exact) mass is 395 g/mol. The van der Waals surface area contributed by atoms with E-state index in [9.17, 15) is 13.2 Å². The third-order valence-corrected chi connectivity index (χ3v) is 5.56. The molecule has 26 heavy (non-hydrogen) atoms. The van der Waals surface area contributed by atoms with Gasteiger partial charge in [0.1, 0.15) is 0 Å². The van der Waals surface area contributed by atoms with Crippen LogP contribution in [-0.2, 0) is 14.8 Å². The SMILES string of the molecule is Cc1ccc(NC(=O)C2CCCN2)cc1NS(=O)(=O)c1ccccc1.Cl. The summed E-state index contributed by atoms with van der Waals surface area (Å²) in [5.41, 5.74) is 1.78. The number of hydrogen-bond donors (Lipinski definition) is 3. The van der Waals surface area contributed by atoms with Gasteiger partial charge in [-0.25, -0.2) is 8.42 Å². The zero-order valence-corrected chi connectivity index (χ0v) is 16.0. The molecule has 2 aromatic rings. The van der Waals surface area contributed by atoms with E-state index in [0.717, 1.165) is 24.9 Å². The smallest absolute Gasteiger partial charge is 0.261 e. The van der Waals surface area contributed by atoms with E-state index in [-0.39, 0.29) is 29.3 Å². The maximum absolute atomic E-state index is 12.5. The highest BCUT2D eigenvalue weighted by Crippen LogP contribution is 2.24. The summed E-state index contributed by atoms with van der Waals surface area (Å²) in [6, 6.07) is 13.2. The van der Waals surface area contributed by atoms with Crippen molar-refractivity contribution in [2.45, 2.75) is 30.7 Å². The van der Waals surface area contributed by atoms with Crippen LogP contribution in [0, 0.1) is 6.92 Å². The van der Waals surface area contributed by atoms with Crippen molar-refractivity contribution in [1.82, 2.24) is 5.32 Å². The Balaban J connectivity index is 0.00000243. The van der Waals surface area contributed by atoms with Gasteiger partial charge in [-0.15, -0.1) is 12.4 Å². The lowest BCUT2D eigenvalue weighted by molar-refractivity contribution is -0.117. The van der Waals surface area contributed by atoms with Crippen molar-refractivity contribution >= 4 is 39.7 Å². The second-order valence-corrected chi connectivity index (χ2v) is 7.77. The van der Waals surface area contributed by atoms with E-state index in [0.29, 0.717) is 11.4 Å². The molecule has 6 nitrogen and oxygen atoms in total. The number of carbonyl (C=O) groups is 1. The Kier molecular flexibility index (Phi) is 6.63. The van der Waals surface area contributed by atoms with E-state index in [1.54, 1.807) is 36.4 Å². The highest BCUT2D eigenvalue weighted by molar-refractivity contribution is 7.92. The number of nitrogens with one attached hydrogen (secondary N) is 3. The highest BCUT2D eigenvalue weighted by Gasteiger charge is 2.22. The van der Waals surface area contributed by atoms with Gasteiger partial charge in [0, 0.05) is 5.69 Å². The Bertz CT molecular complexity index is 867. The molecule has 2 aromatic carbocycles. The molecule has 1 atom stereocenters. The van der Waals surface area contributed by atoms with Gasteiger partial charge in [0.05, 0.1) is 16.6 Å². The minimum Gasteiger partial charge on any atom is -0.325 e. The Labute approximate surface area is 159 Å². The zero-order valence-electron chi connectivity index (χ0n) is 14.4. The largest absolute Gasteiger partial charge is 0.325 e. The summed E-state index contributed by atoms with van der Waals surface area (Å²) in [7, 11) is -3.67. The summed E-state index contributed by atoms with van der Waals surface area (Å²) in [6.45, 7) is 2.65. The predicted molar refractivity (Wildman–Crippen MR) is 105 cm³/mol. The van der Waals surface area contributed by atoms with Crippen molar-refractivity contribution in [3.05, 3.63) is 54.1 Å². The normalized spacial score (nSPS) is 16.6. The van der Waals surface area contributed by atoms with E-state index in [1.165, 1.54) is 12.1 Å². The average molecular weight is 396 g/mol. The number of hydrogen-bond acceptors (Lipinski definition) is 4. The lowest BCUT2D eigenvalue weighted by atomic mass is 10.1. The molecule has 1 amide bonds. The first-order valence-corrected chi connectivity index (χ1v) is 9.67. The van der Waals surface area contributed by atoms with E-state index < -0.39 is 10.0 Å². The van der Waals surface area contributed by atoms with Crippen LogP contribution < -0.4 is 15.4 Å². The number of carbonyl (C=O) groups excluding carboxylic acids is 1. The first-order chi connectivity index (χ1) is 12.0. The van der Waals surface area contributed by atoms with Gasteiger partial charge in [-0.3, -0.25) is 9.52 Å². The molecule has 0 aromatic heterocycles. The average Bonchev–Trinajstić information content (AvgIpc) is 3.13. The lowest BCUT2D eigenvalue weighted by Gasteiger charge is -2.14. The van der Waals surface area contributed by atoms with Gasteiger partial charge in [-0.2, -0.15) is 0 Å². The van der Waals surface area contributed by atoms with Crippen molar-refractivity contribution in [2.24, 2.45) is 0 Å². The molecule has 140 valence electrons. The fourth-order valence-electron chi connectivity index (χ4n) is 2.75. The molecule has 0 aliphatic carbocycles. The number of halogens is 1. The maximum Gasteiger partial charge on any atom is 0.261 e. The van der Waals surface area contributed by atoms with Crippen molar-refractivity contribution in [1.29, 1.82) is 0 Å². The van der Waals surface area contributed by atoms with Gasteiger partial charge in [-0.1, -0.05) is 24.3 Å². The van der Waals surface area contributed by atoms with Crippen LogP contribution in [-0.4, -0.2) is 26.9 Å². The molecule has 0 saturated carbocycles. The molecule has 1 unspecified atom stereocenters. The number of anilines is 2. The minimum absolute atomic E-state index is 0. The number of rotatable bonds is 5. The second-order valence-electron chi connectivity index (χ2n) is 6.09. The molecule has 8 heteroatoms. The predicted octanol–water partition coefficient (Wildman–Crippen LogP) is 2.91. The summed E-state index contributed by atoms with van der Waals surface area (Å²) in [5.74, 6) is -0.0989. The Morgan fingerprint density at radius 3 is 2.54 bits per heavy atom. The van der Waals surface area contributed by atoms with Crippen LogP contribution in [0.3, 0.4) is 0 Å². The molecule has 1 aliphatic rings. The van der Waals surface area contributed by atoms with Crippen molar-refractivity contribution in [3.63, 3.8) is 0 Å². The number of aryl methyl sites for hydroxylation is 1. The van der Waals surface area contributed by atoms with E-state index in [4.69, 9.17) is 0 Å². The summed E-state index contributed by atoms with van der Waals surface area (Å²) < 4.78 is 27.6. The molecule has 3 rings (SSSR count). The van der Waals surface area contributed by atoms with Crippen LogP contribution in [0.1, 0.15) is 18.4 Å². The van der Waals surface area contributed by atoms with Crippen molar-refractivity contribution < 1.29 is 13.2 Å². The second kappa shape index (κ2) is 8.53. The lowest BCUT2D eigenvalue weighted by Crippen LogP contribution is -2.35. The zero-order chi connectivity index (χ0) is 17.9. The molecule has 0 radical (unpaired) electrons. The van der Waals surface area contributed by atoms with Crippen LogP contribution in [0.15, 0.2) is 53.4 Å². The molecule has 3 N–H and O–H groups in total. The van der Waals surface area contributed by atoms with Gasteiger partial charge >= 0.3 is 0 Å². The van der Waals surface area contributed by atoms with Crippen molar-refractivity contribution in [2.75, 3.05) is 16.6 Å². The van der Waals surface area contributed by atoms with Crippen LogP contribution >= 0.6 is 12.4 Å². The summed E-state index contributed by atoms with van der Waals surface area (Å²) >= 11 is 0. The Hall–Kier alpha value is -2.09. The van der Waals surface area contributed by atoms with Crippen LogP contribution in [0.4, 0.5) is 11.4 Å². The number of benzene rings is 2. The topological polar surface area (TPSA) is 87.3 Å². The molecule has 0 spiro atoms.